The van der Waals surface area contributed by atoms with Gasteiger partial charge in [-0.2, -0.15) is 5.26 Å². The van der Waals surface area contributed by atoms with Crippen molar-refractivity contribution < 1.29 is 4.79 Å². The van der Waals surface area contributed by atoms with Crippen LogP contribution in [0.4, 0.5) is 5.69 Å². The number of anilines is 1. The molecule has 0 heterocycles. The molecular formula is C15H19N3O. The number of amides is 1. The predicted molar refractivity (Wildman–Crippen MR) is 76.5 cm³/mol. The summed E-state index contributed by atoms with van der Waals surface area (Å²) in [6.45, 7) is 7.24. The zero-order chi connectivity index (χ0) is 14.5. The van der Waals surface area contributed by atoms with Gasteiger partial charge in [-0.3, -0.25) is 4.79 Å². The van der Waals surface area contributed by atoms with E-state index in [0.29, 0.717) is 12.1 Å². The summed E-state index contributed by atoms with van der Waals surface area (Å²) in [5.41, 5.74) is 6.70. The Morgan fingerprint density at radius 1 is 1.53 bits per heavy atom. The van der Waals surface area contributed by atoms with Crippen LogP contribution in [0.1, 0.15) is 25.8 Å². The minimum atomic E-state index is -0.590. The van der Waals surface area contributed by atoms with Crippen molar-refractivity contribution >= 4 is 11.6 Å². The van der Waals surface area contributed by atoms with Gasteiger partial charge in [-0.05, 0) is 38.0 Å². The van der Waals surface area contributed by atoms with Crippen LogP contribution < -0.4 is 11.1 Å². The zero-order valence-corrected chi connectivity index (χ0v) is 11.3. The molecule has 1 atom stereocenters. The molecule has 4 heteroatoms. The van der Waals surface area contributed by atoms with Crippen LogP contribution in [0.3, 0.4) is 0 Å². The van der Waals surface area contributed by atoms with E-state index in [1.54, 1.807) is 18.2 Å². The molecule has 1 unspecified atom stereocenters. The van der Waals surface area contributed by atoms with Gasteiger partial charge in [-0.1, -0.05) is 18.2 Å². The largest absolute Gasteiger partial charge is 0.325 e. The Morgan fingerprint density at radius 3 is 2.58 bits per heavy atom. The van der Waals surface area contributed by atoms with Crippen molar-refractivity contribution in [3.8, 4) is 6.07 Å². The Morgan fingerprint density at radius 2 is 2.11 bits per heavy atom. The quantitative estimate of drug-likeness (QED) is 0.794. The Kier molecular flexibility index (Phi) is 4.85. The average Bonchev–Trinajstić information content (AvgIpc) is 2.39. The number of hydrogen-bond acceptors (Lipinski definition) is 3. The summed E-state index contributed by atoms with van der Waals surface area (Å²) in [4.78, 5) is 11.7. The normalized spacial score (nSPS) is 12.3. The third kappa shape index (κ3) is 3.94. The molecule has 1 rings (SSSR count). The molecule has 100 valence electrons. The number of carbonyl (C=O) groups is 1. The van der Waals surface area contributed by atoms with E-state index in [9.17, 15) is 4.79 Å². The average molecular weight is 257 g/mol. The number of benzene rings is 1. The lowest BCUT2D eigenvalue weighted by Crippen LogP contribution is -2.35. The van der Waals surface area contributed by atoms with E-state index in [0.717, 1.165) is 5.56 Å². The molecule has 19 heavy (non-hydrogen) atoms. The molecular weight excluding hydrogens is 238 g/mol. The van der Waals surface area contributed by atoms with Gasteiger partial charge in [0, 0.05) is 5.69 Å². The lowest BCUT2D eigenvalue weighted by molar-refractivity contribution is -0.117. The van der Waals surface area contributed by atoms with Gasteiger partial charge in [0.25, 0.3) is 0 Å². The first-order chi connectivity index (χ1) is 8.90. The number of nitrogens with one attached hydrogen (secondary N) is 1. The molecule has 0 spiro atoms. The van der Waals surface area contributed by atoms with Gasteiger partial charge in [0.05, 0.1) is 17.5 Å². The molecule has 0 radical (unpaired) electrons. The summed E-state index contributed by atoms with van der Waals surface area (Å²) in [5.74, 6) is -0.243. The van der Waals surface area contributed by atoms with Gasteiger partial charge in [-0.25, -0.2) is 0 Å². The minimum Gasteiger partial charge on any atom is -0.325 e. The second-order valence-electron chi connectivity index (χ2n) is 4.93. The van der Waals surface area contributed by atoms with Gasteiger partial charge < -0.3 is 11.1 Å². The van der Waals surface area contributed by atoms with E-state index >= 15 is 0 Å². The van der Waals surface area contributed by atoms with E-state index in [1.807, 2.05) is 26.0 Å². The Balaban J connectivity index is 2.76. The lowest BCUT2D eigenvalue weighted by Gasteiger charge is -2.16. The van der Waals surface area contributed by atoms with E-state index in [1.165, 1.54) is 0 Å². The number of nitriles is 1. The highest BCUT2D eigenvalue weighted by atomic mass is 16.2. The summed E-state index contributed by atoms with van der Waals surface area (Å²) in [6, 6.07) is 8.85. The molecule has 0 saturated carbocycles. The third-order valence-corrected chi connectivity index (χ3v) is 2.91. The fraction of sp³-hybridized carbons (Fsp3) is 0.333. The minimum absolute atomic E-state index is 0.243. The molecule has 0 saturated heterocycles. The maximum Gasteiger partial charge on any atom is 0.241 e. The van der Waals surface area contributed by atoms with Crippen LogP contribution in [0.2, 0.25) is 0 Å². The number of nitrogens with two attached hydrogens (primary N) is 1. The van der Waals surface area contributed by atoms with Crippen LogP contribution in [-0.4, -0.2) is 11.9 Å². The van der Waals surface area contributed by atoms with Crippen molar-refractivity contribution in [2.75, 3.05) is 5.32 Å². The summed E-state index contributed by atoms with van der Waals surface area (Å²) in [5, 5.41) is 11.8. The first-order valence-electron chi connectivity index (χ1n) is 6.10. The molecule has 0 aliphatic rings. The molecule has 0 bridgehead atoms. The van der Waals surface area contributed by atoms with Gasteiger partial charge in [0.1, 0.15) is 0 Å². The van der Waals surface area contributed by atoms with E-state index in [-0.39, 0.29) is 5.91 Å². The van der Waals surface area contributed by atoms with Crippen molar-refractivity contribution in [2.45, 2.75) is 31.7 Å². The van der Waals surface area contributed by atoms with Crippen LogP contribution >= 0.6 is 0 Å². The highest BCUT2D eigenvalue weighted by Crippen LogP contribution is 2.23. The van der Waals surface area contributed by atoms with Crippen LogP contribution in [0, 0.1) is 11.3 Å². The van der Waals surface area contributed by atoms with Gasteiger partial charge >= 0.3 is 0 Å². The molecule has 3 N–H and O–H groups in total. The third-order valence-electron chi connectivity index (χ3n) is 2.91. The number of carbonyl (C=O) groups excluding carboxylic acids is 1. The smallest absolute Gasteiger partial charge is 0.241 e. The monoisotopic (exact) mass is 257 g/mol. The Labute approximate surface area is 113 Å². The lowest BCUT2D eigenvalue weighted by atomic mass is 9.86. The molecule has 0 aromatic heterocycles. The fourth-order valence-electron chi connectivity index (χ4n) is 1.56. The second-order valence-corrected chi connectivity index (χ2v) is 4.93. The van der Waals surface area contributed by atoms with E-state index in [4.69, 9.17) is 11.0 Å². The highest BCUT2D eigenvalue weighted by Gasteiger charge is 2.19. The van der Waals surface area contributed by atoms with Gasteiger partial charge in [-0.15, -0.1) is 6.58 Å². The summed E-state index contributed by atoms with van der Waals surface area (Å²) in [7, 11) is 0. The molecule has 1 aromatic rings. The van der Waals surface area contributed by atoms with Crippen LogP contribution in [0.25, 0.3) is 0 Å². The SMILES string of the molecule is C=CCC(N)C(=O)Nc1ccc(C(C)(C)C#N)cc1. The number of nitrogens with zero attached hydrogens (tertiary/aromatic N) is 1. The standard InChI is InChI=1S/C15H19N3O/c1-4-5-13(17)14(19)18-12-8-6-11(7-9-12)15(2,3)10-16/h4,6-9,13H,1,5,17H2,2-3H3,(H,18,19). The molecule has 1 aromatic carbocycles. The van der Waals surface area contributed by atoms with Crippen molar-refractivity contribution in [3.05, 3.63) is 42.5 Å². The number of hydrogen-bond donors (Lipinski definition) is 2. The number of rotatable bonds is 5. The summed E-state index contributed by atoms with van der Waals surface area (Å²) < 4.78 is 0. The van der Waals surface area contributed by atoms with Crippen molar-refractivity contribution in [1.29, 1.82) is 5.26 Å². The Hall–Kier alpha value is -2.12. The summed E-state index contributed by atoms with van der Waals surface area (Å²) in [6.07, 6.45) is 2.05. The van der Waals surface area contributed by atoms with Crippen molar-refractivity contribution in [1.82, 2.24) is 0 Å². The Bertz CT molecular complexity index is 497. The maximum atomic E-state index is 11.7. The van der Waals surface area contributed by atoms with Gasteiger partial charge in [0.2, 0.25) is 5.91 Å². The van der Waals surface area contributed by atoms with Crippen LogP contribution in [0.5, 0.6) is 0 Å². The molecule has 0 aliphatic heterocycles. The van der Waals surface area contributed by atoms with Crippen molar-refractivity contribution in [2.24, 2.45) is 5.73 Å². The molecule has 0 aliphatic carbocycles. The van der Waals surface area contributed by atoms with E-state index < -0.39 is 11.5 Å². The highest BCUT2D eigenvalue weighted by molar-refractivity contribution is 5.94. The van der Waals surface area contributed by atoms with E-state index in [2.05, 4.69) is 18.0 Å². The maximum absolute atomic E-state index is 11.7. The van der Waals surface area contributed by atoms with Gasteiger partial charge in [0.15, 0.2) is 0 Å². The fourth-order valence-corrected chi connectivity index (χ4v) is 1.56. The first-order valence-corrected chi connectivity index (χ1v) is 6.10. The van der Waals surface area contributed by atoms with Crippen LogP contribution in [-0.2, 0) is 10.2 Å². The molecule has 0 fully saturated rings. The predicted octanol–water partition coefficient (Wildman–Crippen LogP) is 2.33. The molecule has 4 nitrogen and oxygen atoms in total. The van der Waals surface area contributed by atoms with Crippen LogP contribution in [0.15, 0.2) is 36.9 Å². The topological polar surface area (TPSA) is 78.9 Å². The molecule has 1 amide bonds. The zero-order valence-electron chi connectivity index (χ0n) is 11.3. The van der Waals surface area contributed by atoms with Crippen molar-refractivity contribution in [3.63, 3.8) is 0 Å². The summed E-state index contributed by atoms with van der Waals surface area (Å²) >= 11 is 0. The first kappa shape index (κ1) is 14.9. The second kappa shape index (κ2) is 6.17.